The number of unbranched alkanes of at least 4 members (excludes halogenated alkanes) is 6. The Bertz CT molecular complexity index is 1610. The number of carbonyl (C=O) groups excluding carboxylic acids is 2. The van der Waals surface area contributed by atoms with Crippen LogP contribution >= 0.6 is 0 Å². The van der Waals surface area contributed by atoms with Gasteiger partial charge >= 0.3 is 22.1 Å². The number of aromatic nitrogens is 2. The molecule has 2 amide bonds. The van der Waals surface area contributed by atoms with E-state index in [4.69, 9.17) is 23.1 Å². The third-order valence-electron chi connectivity index (χ3n) is 8.12. The number of nitrogens with zero attached hydrogens (tertiary/aromatic N) is 1. The second-order valence-corrected chi connectivity index (χ2v) is 13.8. The molecule has 3 heterocycles. The van der Waals surface area contributed by atoms with Crippen molar-refractivity contribution in [3.63, 3.8) is 0 Å². The number of aliphatic hydroxyl groups excluding tert-OH is 1. The molecule has 6 atom stereocenters. The van der Waals surface area contributed by atoms with E-state index >= 15 is 0 Å². The van der Waals surface area contributed by atoms with Gasteiger partial charge < -0.3 is 29.4 Å². The lowest BCUT2D eigenvalue weighted by molar-refractivity contribution is -0.199. The molecular weight excluding hydrogens is 664 g/mol. The van der Waals surface area contributed by atoms with Crippen LogP contribution in [0.4, 0.5) is 4.79 Å². The number of rotatable bonds is 18. The molecule has 0 aliphatic carbocycles. The lowest BCUT2D eigenvalue weighted by Crippen LogP contribution is -2.44. The molecule has 2 aliphatic rings. The molecule has 4 unspecified atom stereocenters. The quantitative estimate of drug-likeness (QED) is 0.164. The van der Waals surface area contributed by atoms with Crippen molar-refractivity contribution >= 4 is 22.3 Å². The number of ether oxygens (including phenoxy) is 4. The van der Waals surface area contributed by atoms with Gasteiger partial charge in [-0.1, -0.05) is 75.8 Å². The van der Waals surface area contributed by atoms with Crippen LogP contribution in [0.3, 0.4) is 0 Å². The first-order valence-electron chi connectivity index (χ1n) is 16.5. The summed E-state index contributed by atoms with van der Waals surface area (Å²) in [5.74, 6) is -1.44. The highest BCUT2D eigenvalue weighted by atomic mass is 32.2. The van der Waals surface area contributed by atoms with Crippen LogP contribution in [0, 0.1) is 0 Å². The van der Waals surface area contributed by atoms with Gasteiger partial charge in [-0.05, 0) is 25.8 Å². The number of carbonyl (C=O) groups is 2. The molecule has 17 heteroatoms. The number of benzene rings is 1. The second-order valence-electron chi connectivity index (χ2n) is 12.5. The molecule has 0 spiro atoms. The maximum absolute atomic E-state index is 12.7. The van der Waals surface area contributed by atoms with Gasteiger partial charge in [-0.3, -0.25) is 23.3 Å². The Balaban J connectivity index is 1.31. The standard InChI is InChI=1S/C32H46N4O12S/c1-4-5-6-7-8-9-13-16-24(37)33-22(26(39)21-14-11-10-12-15-21)19-44-31(41)35-49(42,43)45-20-23-27-28(48-32(2,3)47-27)29(46-23)36-18-17-25(38)34-30(36)40/h10-12,14-15,17-18,22-23,26-29,39H,4-9,13,16,19-20H2,1-3H3,(H,33,37)(H,35,41)(H,34,38,40)/t22?,23-,26?,27?,28?,29-/m1/s1. The van der Waals surface area contributed by atoms with Crippen LogP contribution in [-0.2, 0) is 38.2 Å². The number of amides is 2. The third kappa shape index (κ3) is 11.2. The number of nitrogens with one attached hydrogen (secondary N) is 3. The van der Waals surface area contributed by atoms with E-state index in [1.54, 1.807) is 48.9 Å². The molecule has 49 heavy (non-hydrogen) atoms. The second kappa shape index (κ2) is 17.4. The topological polar surface area (TPSA) is 214 Å². The van der Waals surface area contributed by atoms with Crippen molar-refractivity contribution in [2.24, 2.45) is 0 Å². The number of hydrogen-bond acceptors (Lipinski definition) is 12. The average Bonchev–Trinajstić information content (AvgIpc) is 3.54. The van der Waals surface area contributed by atoms with E-state index in [1.165, 1.54) is 12.6 Å². The molecule has 2 fully saturated rings. The van der Waals surface area contributed by atoms with E-state index in [9.17, 15) is 32.7 Å². The Morgan fingerprint density at radius 1 is 1.02 bits per heavy atom. The van der Waals surface area contributed by atoms with Crippen molar-refractivity contribution in [2.45, 2.75) is 115 Å². The van der Waals surface area contributed by atoms with Crippen LogP contribution in [0.25, 0.3) is 0 Å². The summed E-state index contributed by atoms with van der Waals surface area (Å²) in [6.07, 6.45) is 2.05. The maximum Gasteiger partial charge on any atom is 0.422 e. The van der Waals surface area contributed by atoms with Gasteiger partial charge in [-0.2, -0.15) is 13.1 Å². The van der Waals surface area contributed by atoms with Crippen molar-refractivity contribution < 1.29 is 46.2 Å². The summed E-state index contributed by atoms with van der Waals surface area (Å²) >= 11 is 0. The molecule has 0 saturated carbocycles. The Morgan fingerprint density at radius 3 is 2.39 bits per heavy atom. The normalized spacial score (nSPS) is 22.6. The Hall–Kier alpha value is -3.61. The van der Waals surface area contributed by atoms with Crippen LogP contribution in [0.5, 0.6) is 0 Å². The van der Waals surface area contributed by atoms with Gasteiger partial charge in [0.15, 0.2) is 12.0 Å². The zero-order valence-electron chi connectivity index (χ0n) is 27.9. The van der Waals surface area contributed by atoms with Crippen LogP contribution in [0.15, 0.2) is 52.2 Å². The smallest absolute Gasteiger partial charge is 0.422 e. The van der Waals surface area contributed by atoms with E-state index in [0.29, 0.717) is 12.0 Å². The monoisotopic (exact) mass is 710 g/mol. The van der Waals surface area contributed by atoms with Gasteiger partial charge in [-0.15, -0.1) is 0 Å². The van der Waals surface area contributed by atoms with Crippen molar-refractivity contribution in [3.8, 4) is 0 Å². The molecule has 16 nitrogen and oxygen atoms in total. The summed E-state index contributed by atoms with van der Waals surface area (Å²) in [5, 5.41) is 13.7. The van der Waals surface area contributed by atoms with Crippen molar-refractivity contribution in [3.05, 3.63) is 69.0 Å². The highest BCUT2D eigenvalue weighted by molar-refractivity contribution is 7.85. The first-order chi connectivity index (χ1) is 23.3. The number of aromatic amines is 1. The van der Waals surface area contributed by atoms with Gasteiger partial charge in [0.05, 0.1) is 12.6 Å². The molecule has 4 rings (SSSR count). The Labute approximate surface area is 284 Å². The third-order valence-corrected chi connectivity index (χ3v) is 8.98. The lowest BCUT2D eigenvalue weighted by atomic mass is 10.0. The minimum absolute atomic E-state index is 0.217. The summed E-state index contributed by atoms with van der Waals surface area (Å²) in [4.78, 5) is 51.4. The van der Waals surface area contributed by atoms with Gasteiger partial charge in [0.1, 0.15) is 31.0 Å². The summed E-state index contributed by atoms with van der Waals surface area (Å²) in [6.45, 7) is 4.22. The Kier molecular flexibility index (Phi) is 13.5. The molecule has 2 saturated heterocycles. The van der Waals surface area contributed by atoms with E-state index in [0.717, 1.165) is 42.7 Å². The van der Waals surface area contributed by atoms with E-state index < -0.39 is 83.3 Å². The minimum Gasteiger partial charge on any atom is -0.447 e. The predicted octanol–water partition coefficient (Wildman–Crippen LogP) is 2.30. The fourth-order valence-corrected chi connectivity index (χ4v) is 6.38. The number of H-pyrrole nitrogens is 1. The van der Waals surface area contributed by atoms with Crippen LogP contribution < -0.4 is 21.3 Å². The largest absolute Gasteiger partial charge is 0.447 e. The van der Waals surface area contributed by atoms with Crippen molar-refractivity contribution in [1.82, 2.24) is 19.6 Å². The fraction of sp³-hybridized carbons (Fsp3) is 0.625. The van der Waals surface area contributed by atoms with Gasteiger partial charge in [-0.25, -0.2) is 9.59 Å². The first-order valence-corrected chi connectivity index (χ1v) is 17.9. The summed E-state index contributed by atoms with van der Waals surface area (Å²) < 4.78 is 55.8. The van der Waals surface area contributed by atoms with Crippen LogP contribution in [0.2, 0.25) is 0 Å². The molecular formula is C32H46N4O12S. The SMILES string of the molecule is CCCCCCCCCC(=O)NC(COC(=O)NS(=O)(=O)OC[C@H]1O[C@@H](n2ccc(=O)[nH]c2=O)C2OC(C)(C)OC21)C(O)c1ccccc1. The molecule has 272 valence electrons. The zero-order valence-corrected chi connectivity index (χ0v) is 28.7. The number of fused-ring (bicyclic) bond motifs is 1. The molecule has 2 aromatic rings. The molecule has 0 radical (unpaired) electrons. The van der Waals surface area contributed by atoms with Gasteiger partial charge in [0, 0.05) is 18.7 Å². The average molecular weight is 711 g/mol. The van der Waals surface area contributed by atoms with Crippen LogP contribution in [-0.4, -0.2) is 78.4 Å². The fourth-order valence-electron chi connectivity index (χ4n) is 5.74. The summed E-state index contributed by atoms with van der Waals surface area (Å²) in [7, 11) is -4.76. The van der Waals surface area contributed by atoms with E-state index in [1.807, 2.05) is 0 Å². The summed E-state index contributed by atoms with van der Waals surface area (Å²) in [5.41, 5.74) is -0.925. The van der Waals surface area contributed by atoms with Gasteiger partial charge in [0.25, 0.3) is 5.56 Å². The molecule has 1 aromatic carbocycles. The summed E-state index contributed by atoms with van der Waals surface area (Å²) in [6, 6.07) is 8.50. The molecule has 0 bridgehead atoms. The highest BCUT2D eigenvalue weighted by Gasteiger charge is 2.56. The molecule has 4 N–H and O–H groups in total. The molecule has 1 aromatic heterocycles. The van der Waals surface area contributed by atoms with Crippen molar-refractivity contribution in [1.29, 1.82) is 0 Å². The highest BCUT2D eigenvalue weighted by Crippen LogP contribution is 2.42. The van der Waals surface area contributed by atoms with Gasteiger partial charge in [0.2, 0.25) is 5.91 Å². The van der Waals surface area contributed by atoms with E-state index in [2.05, 4.69) is 17.2 Å². The lowest BCUT2D eigenvalue weighted by Gasteiger charge is -2.25. The number of aliphatic hydroxyl groups is 1. The minimum atomic E-state index is -4.76. The van der Waals surface area contributed by atoms with Crippen molar-refractivity contribution in [2.75, 3.05) is 13.2 Å². The predicted molar refractivity (Wildman–Crippen MR) is 174 cm³/mol. The Morgan fingerprint density at radius 2 is 1.69 bits per heavy atom. The van der Waals surface area contributed by atoms with E-state index in [-0.39, 0.29) is 12.3 Å². The maximum atomic E-state index is 12.7. The number of hydrogen-bond donors (Lipinski definition) is 4. The van der Waals surface area contributed by atoms with Crippen LogP contribution in [0.1, 0.15) is 90.0 Å². The first kappa shape index (κ1) is 38.2. The molecule has 2 aliphatic heterocycles. The zero-order chi connectivity index (χ0) is 35.6.